The molecule has 0 bridgehead atoms. The summed E-state index contributed by atoms with van der Waals surface area (Å²) < 4.78 is 1.60. The number of hydrogen-bond acceptors (Lipinski definition) is 2. The minimum Gasteiger partial charge on any atom is -0.288 e. The van der Waals surface area contributed by atoms with E-state index in [9.17, 15) is 4.79 Å². The molecule has 0 aliphatic rings. The van der Waals surface area contributed by atoms with Crippen LogP contribution in [0.15, 0.2) is 23.9 Å². The Balaban J connectivity index is 2.86. The van der Waals surface area contributed by atoms with Crippen LogP contribution >= 0.6 is 0 Å². The number of nitrogens with zero attached hydrogens (tertiary/aromatic N) is 2. The molecule has 1 aromatic rings. The van der Waals surface area contributed by atoms with Gasteiger partial charge in [-0.25, -0.2) is 0 Å². The van der Waals surface area contributed by atoms with Gasteiger partial charge in [0.05, 0.1) is 0 Å². The second kappa shape index (κ2) is 4.74. The number of aryl methyl sites for hydroxylation is 1. The van der Waals surface area contributed by atoms with Crippen LogP contribution < -0.4 is 0 Å². The van der Waals surface area contributed by atoms with Gasteiger partial charge in [-0.1, -0.05) is 19.4 Å². The summed E-state index contributed by atoms with van der Waals surface area (Å²) in [5.41, 5.74) is 1.82. The maximum Gasteiger partial charge on any atom is 0.203 e. The summed E-state index contributed by atoms with van der Waals surface area (Å²) in [7, 11) is 1.78. The van der Waals surface area contributed by atoms with Crippen molar-refractivity contribution in [1.82, 2.24) is 9.78 Å². The minimum atomic E-state index is 0.0451. The van der Waals surface area contributed by atoms with Gasteiger partial charge in [0.15, 0.2) is 0 Å². The molecule has 0 saturated heterocycles. The first-order valence-electron chi connectivity index (χ1n) is 4.90. The zero-order valence-corrected chi connectivity index (χ0v) is 8.95. The molecular weight excluding hydrogens is 176 g/mol. The number of carbonyl (C=O) groups is 1. The fraction of sp³-hybridized carbons (Fsp3) is 0.455. The molecule has 0 unspecified atom stereocenters. The van der Waals surface area contributed by atoms with E-state index in [0.29, 0.717) is 5.69 Å². The molecule has 0 aliphatic carbocycles. The van der Waals surface area contributed by atoms with Crippen LogP contribution in [0.4, 0.5) is 0 Å². The summed E-state index contributed by atoms with van der Waals surface area (Å²) in [4.78, 5) is 11.7. The average Bonchev–Trinajstić information content (AvgIpc) is 2.60. The first kappa shape index (κ1) is 10.7. The van der Waals surface area contributed by atoms with Crippen LogP contribution in [-0.2, 0) is 7.05 Å². The van der Waals surface area contributed by atoms with Gasteiger partial charge < -0.3 is 0 Å². The number of aromatic nitrogens is 2. The highest BCUT2D eigenvalue weighted by Crippen LogP contribution is 2.08. The van der Waals surface area contributed by atoms with Crippen molar-refractivity contribution in [3.8, 4) is 0 Å². The fourth-order valence-electron chi connectivity index (χ4n) is 1.33. The number of carbonyl (C=O) groups excluding carboxylic acids is 1. The largest absolute Gasteiger partial charge is 0.288 e. The fourth-order valence-corrected chi connectivity index (χ4v) is 1.33. The zero-order valence-electron chi connectivity index (χ0n) is 8.95. The highest BCUT2D eigenvalue weighted by molar-refractivity contribution is 6.03. The highest BCUT2D eigenvalue weighted by atomic mass is 16.1. The van der Waals surface area contributed by atoms with E-state index in [1.54, 1.807) is 30.1 Å². The van der Waals surface area contributed by atoms with Gasteiger partial charge in [0.25, 0.3) is 0 Å². The van der Waals surface area contributed by atoms with E-state index in [-0.39, 0.29) is 5.78 Å². The lowest BCUT2D eigenvalue weighted by Gasteiger charge is -2.00. The molecule has 0 aromatic carbocycles. The molecule has 0 spiro atoms. The van der Waals surface area contributed by atoms with Crippen molar-refractivity contribution in [2.24, 2.45) is 7.05 Å². The van der Waals surface area contributed by atoms with Gasteiger partial charge in [-0.3, -0.25) is 9.48 Å². The molecule has 14 heavy (non-hydrogen) atoms. The molecule has 0 fully saturated rings. The van der Waals surface area contributed by atoms with Crippen LogP contribution in [0.1, 0.15) is 37.2 Å². The summed E-state index contributed by atoms with van der Waals surface area (Å²) >= 11 is 0. The van der Waals surface area contributed by atoms with Gasteiger partial charge in [0.1, 0.15) is 5.69 Å². The van der Waals surface area contributed by atoms with Crippen molar-refractivity contribution in [3.63, 3.8) is 0 Å². The van der Waals surface area contributed by atoms with Crippen LogP contribution in [0, 0.1) is 0 Å². The molecule has 0 amide bonds. The van der Waals surface area contributed by atoms with E-state index in [1.807, 2.05) is 0 Å². The molecule has 1 heterocycles. The van der Waals surface area contributed by atoms with E-state index in [1.165, 1.54) is 5.57 Å². The third-order valence-corrected chi connectivity index (χ3v) is 2.32. The minimum absolute atomic E-state index is 0.0451. The standard InChI is InChI=1S/C11H16N2O/c1-4-9(5-2)8-11(14)10-6-7-12-13(10)3/h6-8H,4-5H2,1-3H3. The molecule has 1 aromatic heterocycles. The second-order valence-corrected chi connectivity index (χ2v) is 3.21. The zero-order chi connectivity index (χ0) is 10.6. The summed E-state index contributed by atoms with van der Waals surface area (Å²) in [5.74, 6) is 0.0451. The summed E-state index contributed by atoms with van der Waals surface area (Å²) in [5, 5.41) is 3.96. The Morgan fingerprint density at radius 2 is 2.14 bits per heavy atom. The lowest BCUT2D eigenvalue weighted by Crippen LogP contribution is -2.04. The highest BCUT2D eigenvalue weighted by Gasteiger charge is 2.07. The van der Waals surface area contributed by atoms with Crippen molar-refractivity contribution in [2.45, 2.75) is 26.7 Å². The van der Waals surface area contributed by atoms with Gasteiger partial charge in [-0.05, 0) is 25.0 Å². The van der Waals surface area contributed by atoms with E-state index < -0.39 is 0 Å². The Morgan fingerprint density at radius 1 is 1.50 bits per heavy atom. The second-order valence-electron chi connectivity index (χ2n) is 3.21. The topological polar surface area (TPSA) is 34.9 Å². The third-order valence-electron chi connectivity index (χ3n) is 2.32. The first-order chi connectivity index (χ1) is 6.69. The number of hydrogen-bond donors (Lipinski definition) is 0. The molecule has 76 valence electrons. The van der Waals surface area contributed by atoms with Gasteiger partial charge >= 0.3 is 0 Å². The maximum absolute atomic E-state index is 11.7. The smallest absolute Gasteiger partial charge is 0.203 e. The van der Waals surface area contributed by atoms with E-state index in [4.69, 9.17) is 0 Å². The monoisotopic (exact) mass is 192 g/mol. The van der Waals surface area contributed by atoms with Crippen molar-refractivity contribution in [2.75, 3.05) is 0 Å². The van der Waals surface area contributed by atoms with E-state index in [0.717, 1.165) is 12.8 Å². The lowest BCUT2D eigenvalue weighted by atomic mass is 10.1. The first-order valence-corrected chi connectivity index (χ1v) is 4.90. The van der Waals surface area contributed by atoms with E-state index in [2.05, 4.69) is 18.9 Å². The number of ketones is 1. The molecule has 1 rings (SSSR count). The van der Waals surface area contributed by atoms with Crippen LogP contribution in [0.5, 0.6) is 0 Å². The Kier molecular flexibility index (Phi) is 3.63. The van der Waals surface area contributed by atoms with Crippen molar-refractivity contribution in [1.29, 1.82) is 0 Å². The van der Waals surface area contributed by atoms with Gasteiger partial charge in [0, 0.05) is 13.2 Å². The Hall–Kier alpha value is -1.38. The Bertz CT molecular complexity index is 344. The van der Waals surface area contributed by atoms with Crippen LogP contribution in [0.3, 0.4) is 0 Å². The molecule has 0 aliphatic heterocycles. The molecule has 0 atom stereocenters. The predicted octanol–water partition coefficient (Wildman–Crippen LogP) is 2.35. The summed E-state index contributed by atoms with van der Waals surface area (Å²) in [6.07, 6.45) is 5.22. The summed E-state index contributed by atoms with van der Waals surface area (Å²) in [6.45, 7) is 4.12. The third kappa shape index (κ3) is 2.31. The van der Waals surface area contributed by atoms with Crippen LogP contribution in [-0.4, -0.2) is 15.6 Å². The van der Waals surface area contributed by atoms with Crippen LogP contribution in [0.2, 0.25) is 0 Å². The number of allylic oxidation sites excluding steroid dienone is 2. The molecule has 0 radical (unpaired) electrons. The number of rotatable bonds is 4. The lowest BCUT2D eigenvalue weighted by molar-refractivity contribution is 0.103. The average molecular weight is 192 g/mol. The molecule has 3 heteroatoms. The van der Waals surface area contributed by atoms with Crippen molar-refractivity contribution < 1.29 is 4.79 Å². The van der Waals surface area contributed by atoms with Gasteiger partial charge in [0.2, 0.25) is 5.78 Å². The Labute approximate surface area is 84.4 Å². The SMILES string of the molecule is CCC(=CC(=O)c1ccnn1C)CC. The molecule has 0 N–H and O–H groups in total. The van der Waals surface area contributed by atoms with E-state index >= 15 is 0 Å². The molecular formula is C11H16N2O. The molecule has 3 nitrogen and oxygen atoms in total. The molecule has 0 saturated carbocycles. The maximum atomic E-state index is 11.7. The predicted molar refractivity (Wildman–Crippen MR) is 56.2 cm³/mol. The Morgan fingerprint density at radius 3 is 2.57 bits per heavy atom. The van der Waals surface area contributed by atoms with Crippen molar-refractivity contribution in [3.05, 3.63) is 29.6 Å². The van der Waals surface area contributed by atoms with Gasteiger partial charge in [-0.15, -0.1) is 0 Å². The van der Waals surface area contributed by atoms with Crippen molar-refractivity contribution >= 4 is 5.78 Å². The quantitative estimate of drug-likeness (QED) is 0.542. The normalized spacial score (nSPS) is 9.93. The summed E-state index contributed by atoms with van der Waals surface area (Å²) in [6, 6.07) is 1.74. The van der Waals surface area contributed by atoms with Crippen LogP contribution in [0.25, 0.3) is 0 Å². The van der Waals surface area contributed by atoms with Gasteiger partial charge in [-0.2, -0.15) is 5.10 Å².